The normalized spacial score (nSPS) is 10.3. The Hall–Kier alpha value is -1.69. The van der Waals surface area contributed by atoms with Crippen molar-refractivity contribution in [2.75, 3.05) is 17.2 Å². The van der Waals surface area contributed by atoms with E-state index in [9.17, 15) is 4.39 Å². The van der Waals surface area contributed by atoms with E-state index in [0.29, 0.717) is 17.3 Å². The van der Waals surface area contributed by atoms with Crippen LogP contribution in [0.2, 0.25) is 0 Å². The monoisotopic (exact) mass is 324 g/mol. The van der Waals surface area contributed by atoms with Gasteiger partial charge in [-0.3, -0.25) is 0 Å². The molecule has 2 rings (SSSR count). The van der Waals surface area contributed by atoms with Crippen LogP contribution in [0.15, 0.2) is 29.0 Å². The molecular formula is C13H14BrFN4. The van der Waals surface area contributed by atoms with Gasteiger partial charge < -0.3 is 10.6 Å². The highest BCUT2D eigenvalue weighted by atomic mass is 79.9. The molecule has 2 N–H and O–H groups in total. The van der Waals surface area contributed by atoms with E-state index in [1.54, 1.807) is 0 Å². The molecule has 0 fully saturated rings. The Morgan fingerprint density at radius 3 is 2.63 bits per heavy atom. The van der Waals surface area contributed by atoms with Crippen molar-refractivity contribution in [3.63, 3.8) is 0 Å². The number of halogens is 2. The molecule has 0 spiro atoms. The highest BCUT2D eigenvalue weighted by Crippen LogP contribution is 2.29. The van der Waals surface area contributed by atoms with Gasteiger partial charge in [-0.15, -0.1) is 0 Å². The number of nitrogens with zero attached hydrogens (tertiary/aromatic N) is 2. The quantitative estimate of drug-likeness (QED) is 0.896. The van der Waals surface area contributed by atoms with Crippen LogP contribution in [0.3, 0.4) is 0 Å². The first-order valence-electron chi connectivity index (χ1n) is 5.88. The molecule has 0 radical (unpaired) electrons. The van der Waals surface area contributed by atoms with E-state index >= 15 is 0 Å². The average molecular weight is 325 g/mol. The summed E-state index contributed by atoms with van der Waals surface area (Å²) in [6.07, 6.45) is 1.46. The molecule has 0 amide bonds. The molecule has 0 unspecified atom stereocenters. The molecule has 100 valence electrons. The highest BCUT2D eigenvalue weighted by molar-refractivity contribution is 9.10. The summed E-state index contributed by atoms with van der Waals surface area (Å²) in [6.45, 7) is 4.58. The van der Waals surface area contributed by atoms with E-state index in [1.807, 2.05) is 19.9 Å². The van der Waals surface area contributed by atoms with Crippen molar-refractivity contribution < 1.29 is 4.39 Å². The van der Waals surface area contributed by atoms with Crippen LogP contribution < -0.4 is 10.6 Å². The zero-order valence-electron chi connectivity index (χ0n) is 10.7. The molecule has 0 aliphatic rings. The summed E-state index contributed by atoms with van der Waals surface area (Å²) < 4.78 is 14.1. The molecule has 0 aliphatic heterocycles. The number of benzene rings is 1. The predicted molar refractivity (Wildman–Crippen MR) is 78.3 cm³/mol. The van der Waals surface area contributed by atoms with E-state index in [4.69, 9.17) is 0 Å². The van der Waals surface area contributed by atoms with Gasteiger partial charge in [-0.25, -0.2) is 14.4 Å². The molecule has 2 aromatic rings. The highest BCUT2D eigenvalue weighted by Gasteiger charge is 2.08. The fourth-order valence-corrected chi connectivity index (χ4v) is 2.14. The van der Waals surface area contributed by atoms with E-state index in [2.05, 4.69) is 36.5 Å². The fraction of sp³-hybridized carbons (Fsp3) is 0.231. The van der Waals surface area contributed by atoms with Crippen molar-refractivity contribution in [1.29, 1.82) is 0 Å². The number of rotatable bonds is 4. The van der Waals surface area contributed by atoms with Crippen LogP contribution >= 0.6 is 15.9 Å². The number of anilines is 3. The molecule has 6 heteroatoms. The molecule has 1 heterocycles. The van der Waals surface area contributed by atoms with Crippen molar-refractivity contribution in [3.05, 3.63) is 40.4 Å². The van der Waals surface area contributed by atoms with Gasteiger partial charge in [0.1, 0.15) is 28.3 Å². The number of hydrogen-bond acceptors (Lipinski definition) is 4. The first kappa shape index (κ1) is 13.7. The van der Waals surface area contributed by atoms with Gasteiger partial charge >= 0.3 is 0 Å². The molecule has 0 saturated heterocycles. The Labute approximate surface area is 119 Å². The number of nitrogens with one attached hydrogen (secondary N) is 2. The topological polar surface area (TPSA) is 49.8 Å². The lowest BCUT2D eigenvalue weighted by molar-refractivity contribution is 0.627. The Morgan fingerprint density at radius 1 is 1.21 bits per heavy atom. The van der Waals surface area contributed by atoms with E-state index in [0.717, 1.165) is 16.6 Å². The van der Waals surface area contributed by atoms with Crippen molar-refractivity contribution in [1.82, 2.24) is 9.97 Å². The smallest absolute Gasteiger partial charge is 0.150 e. The van der Waals surface area contributed by atoms with E-state index < -0.39 is 0 Å². The lowest BCUT2D eigenvalue weighted by atomic mass is 10.2. The van der Waals surface area contributed by atoms with Crippen LogP contribution in [0, 0.1) is 12.7 Å². The van der Waals surface area contributed by atoms with Crippen molar-refractivity contribution in [2.24, 2.45) is 0 Å². The van der Waals surface area contributed by atoms with Crippen molar-refractivity contribution >= 4 is 33.3 Å². The van der Waals surface area contributed by atoms with Crippen LogP contribution in [0.25, 0.3) is 0 Å². The van der Waals surface area contributed by atoms with E-state index in [-0.39, 0.29) is 5.82 Å². The molecule has 0 aliphatic carbocycles. The summed E-state index contributed by atoms with van der Waals surface area (Å²) in [6, 6.07) is 4.75. The van der Waals surface area contributed by atoms with Gasteiger partial charge in [0.2, 0.25) is 0 Å². The summed E-state index contributed by atoms with van der Waals surface area (Å²) in [5, 5.41) is 6.19. The number of aryl methyl sites for hydroxylation is 1. The summed E-state index contributed by atoms with van der Waals surface area (Å²) in [5.74, 6) is 1.02. The third kappa shape index (κ3) is 3.41. The standard InChI is InChI=1S/C13H14BrFN4/c1-3-16-12-11(14)13(18-7-17-12)19-10-5-8(2)4-9(15)6-10/h4-7H,3H2,1-2H3,(H2,16,17,18,19). The molecule has 4 nitrogen and oxygen atoms in total. The van der Waals surface area contributed by atoms with Crippen molar-refractivity contribution in [2.45, 2.75) is 13.8 Å². The minimum Gasteiger partial charge on any atom is -0.369 e. The van der Waals surface area contributed by atoms with Crippen molar-refractivity contribution in [3.8, 4) is 0 Å². The summed E-state index contributed by atoms with van der Waals surface area (Å²) >= 11 is 3.43. The maximum Gasteiger partial charge on any atom is 0.150 e. The third-order valence-corrected chi connectivity index (χ3v) is 3.19. The number of hydrogen-bond donors (Lipinski definition) is 2. The third-order valence-electron chi connectivity index (χ3n) is 2.44. The molecule has 0 saturated carbocycles. The van der Waals surface area contributed by atoms with Crippen LogP contribution in [0.1, 0.15) is 12.5 Å². The zero-order chi connectivity index (χ0) is 13.8. The number of aromatic nitrogens is 2. The van der Waals surface area contributed by atoms with Crippen LogP contribution in [-0.2, 0) is 0 Å². The SMILES string of the molecule is CCNc1ncnc(Nc2cc(C)cc(F)c2)c1Br. The Kier molecular flexibility index (Phi) is 4.31. The lowest BCUT2D eigenvalue weighted by Gasteiger charge is -2.11. The van der Waals surface area contributed by atoms with E-state index in [1.165, 1.54) is 18.5 Å². The second kappa shape index (κ2) is 5.97. The molecular weight excluding hydrogens is 311 g/mol. The largest absolute Gasteiger partial charge is 0.369 e. The summed E-state index contributed by atoms with van der Waals surface area (Å²) in [5.41, 5.74) is 1.50. The maximum atomic E-state index is 13.3. The van der Waals surface area contributed by atoms with Crippen LogP contribution in [0.4, 0.5) is 21.7 Å². The van der Waals surface area contributed by atoms with Crippen LogP contribution in [-0.4, -0.2) is 16.5 Å². The van der Waals surface area contributed by atoms with Gasteiger partial charge in [-0.2, -0.15) is 0 Å². The molecule has 19 heavy (non-hydrogen) atoms. The maximum absolute atomic E-state index is 13.3. The minimum atomic E-state index is -0.278. The minimum absolute atomic E-state index is 0.278. The second-order valence-electron chi connectivity index (χ2n) is 4.06. The first-order valence-corrected chi connectivity index (χ1v) is 6.68. The van der Waals surface area contributed by atoms with Crippen LogP contribution in [0.5, 0.6) is 0 Å². The fourth-order valence-electron chi connectivity index (χ4n) is 1.69. The van der Waals surface area contributed by atoms with Gasteiger partial charge in [-0.1, -0.05) is 0 Å². The van der Waals surface area contributed by atoms with Gasteiger partial charge in [0.25, 0.3) is 0 Å². The van der Waals surface area contributed by atoms with Gasteiger partial charge in [0.15, 0.2) is 0 Å². The molecule has 0 bridgehead atoms. The Balaban J connectivity index is 2.30. The van der Waals surface area contributed by atoms with Gasteiger partial charge in [-0.05, 0) is 53.5 Å². The first-order chi connectivity index (χ1) is 9.10. The van der Waals surface area contributed by atoms with Gasteiger partial charge in [0.05, 0.1) is 0 Å². The Morgan fingerprint density at radius 2 is 1.95 bits per heavy atom. The van der Waals surface area contributed by atoms with Gasteiger partial charge in [0, 0.05) is 12.2 Å². The molecule has 0 atom stereocenters. The predicted octanol–water partition coefficient (Wildman–Crippen LogP) is 3.86. The zero-order valence-corrected chi connectivity index (χ0v) is 12.3. The summed E-state index contributed by atoms with van der Waals surface area (Å²) in [4.78, 5) is 8.27. The molecule has 1 aromatic carbocycles. The second-order valence-corrected chi connectivity index (χ2v) is 4.85. The molecule has 1 aromatic heterocycles. The lowest BCUT2D eigenvalue weighted by Crippen LogP contribution is -2.04. The Bertz CT molecular complexity index is 569. The average Bonchev–Trinajstić information content (AvgIpc) is 2.33. The summed E-state index contributed by atoms with van der Waals surface area (Å²) in [7, 11) is 0.